The molecule has 66 valence electrons. The molecule has 0 aromatic heterocycles. The lowest BCUT2D eigenvalue weighted by Crippen LogP contribution is -1.96. The minimum atomic E-state index is 0.701. The van der Waals surface area contributed by atoms with Gasteiger partial charge in [0, 0.05) is 20.8 Å². The van der Waals surface area contributed by atoms with E-state index in [1.807, 2.05) is 0 Å². The zero-order valence-corrected chi connectivity index (χ0v) is 8.20. The Morgan fingerprint density at radius 3 is 2.00 bits per heavy atom. The fourth-order valence-electron chi connectivity index (χ4n) is 1.91. The summed E-state index contributed by atoms with van der Waals surface area (Å²) in [6, 6.07) is 2.96. The molecule has 4 atom stereocenters. The van der Waals surface area contributed by atoms with Crippen molar-refractivity contribution in [3.8, 4) is 0 Å². The van der Waals surface area contributed by atoms with Crippen LogP contribution in [0.4, 0.5) is 0 Å². The number of rotatable bonds is 2. The second kappa shape index (κ2) is 2.41. The van der Waals surface area contributed by atoms with E-state index in [9.17, 15) is 0 Å². The van der Waals surface area contributed by atoms with Crippen molar-refractivity contribution in [3.63, 3.8) is 0 Å². The zero-order valence-electron chi connectivity index (χ0n) is 8.20. The van der Waals surface area contributed by atoms with Crippen molar-refractivity contribution in [1.29, 1.82) is 0 Å². The molecule has 0 aliphatic carbocycles. The number of nitrogens with zero attached hydrogens (tertiary/aromatic N) is 2. The molecule has 0 saturated carbocycles. The van der Waals surface area contributed by atoms with Gasteiger partial charge in [-0.3, -0.25) is 0 Å². The fourth-order valence-corrected chi connectivity index (χ4v) is 1.91. The third-order valence-corrected chi connectivity index (χ3v) is 3.52. The van der Waals surface area contributed by atoms with Gasteiger partial charge in [-0.15, -0.1) is 0 Å². The molecule has 2 aliphatic rings. The molecule has 0 amide bonds. The molecule has 2 aliphatic heterocycles. The quantitative estimate of drug-likeness (QED) is 0.421. The van der Waals surface area contributed by atoms with Crippen LogP contribution in [-0.4, -0.2) is 46.3 Å². The summed E-state index contributed by atoms with van der Waals surface area (Å²) in [4.78, 5) is 0. The Hall–Kier alpha value is -0.660. The highest BCUT2D eigenvalue weighted by Crippen LogP contribution is 2.24. The monoisotopic (exact) mass is 166 g/mol. The van der Waals surface area contributed by atoms with E-state index < -0.39 is 0 Å². The largest absolute Gasteiger partial charge is 0.223 e. The summed E-state index contributed by atoms with van der Waals surface area (Å²) in [6.45, 7) is 10.7. The maximum Gasteiger partial charge on any atom is 0.222 e. The van der Waals surface area contributed by atoms with E-state index in [4.69, 9.17) is 0 Å². The molecule has 2 rings (SSSR count). The summed E-state index contributed by atoms with van der Waals surface area (Å²) >= 11 is 0. The minimum Gasteiger partial charge on any atom is -0.223 e. The van der Waals surface area contributed by atoms with Crippen LogP contribution in [0.1, 0.15) is 27.2 Å². The first-order valence-corrected chi connectivity index (χ1v) is 4.82. The average Bonchev–Trinajstić information content (AvgIpc) is 2.79. The highest BCUT2D eigenvalue weighted by atomic mass is 15.3. The van der Waals surface area contributed by atoms with E-state index in [0.717, 1.165) is 12.1 Å². The van der Waals surface area contributed by atoms with Crippen molar-refractivity contribution in [3.05, 3.63) is 0 Å². The average molecular weight is 166 g/mol. The van der Waals surface area contributed by atoms with Crippen LogP contribution in [0.5, 0.6) is 0 Å². The van der Waals surface area contributed by atoms with E-state index in [1.54, 1.807) is 0 Å². The molecule has 0 bridgehead atoms. The molecule has 2 heterocycles. The van der Waals surface area contributed by atoms with Crippen molar-refractivity contribution in [2.24, 2.45) is 0 Å². The van der Waals surface area contributed by atoms with E-state index in [2.05, 4.69) is 42.9 Å². The first-order valence-electron chi connectivity index (χ1n) is 4.82. The van der Waals surface area contributed by atoms with Gasteiger partial charge in [-0.1, -0.05) is 0 Å². The van der Waals surface area contributed by atoms with Crippen molar-refractivity contribution in [2.45, 2.75) is 51.4 Å². The van der Waals surface area contributed by atoms with Crippen LogP contribution < -0.4 is 0 Å². The van der Waals surface area contributed by atoms with E-state index in [1.165, 1.54) is 6.42 Å². The van der Waals surface area contributed by atoms with Crippen LogP contribution in [0, 0.1) is 0 Å². The third kappa shape index (κ3) is 1.10. The van der Waals surface area contributed by atoms with Gasteiger partial charge in [0.25, 0.3) is 0 Å². The van der Waals surface area contributed by atoms with E-state index in [0.29, 0.717) is 12.1 Å². The third-order valence-electron chi connectivity index (χ3n) is 3.52. The van der Waals surface area contributed by atoms with Gasteiger partial charge in [0.1, 0.15) is 12.9 Å². The smallest absolute Gasteiger partial charge is 0.222 e. The highest BCUT2D eigenvalue weighted by molar-refractivity contribution is 5.54. The van der Waals surface area contributed by atoms with Gasteiger partial charge >= 0.3 is 0 Å². The maximum atomic E-state index is 3.94. The topological polar surface area (TPSA) is 6.02 Å². The Morgan fingerprint density at radius 2 is 1.67 bits per heavy atom. The van der Waals surface area contributed by atoms with Gasteiger partial charge in [0.05, 0.1) is 6.42 Å². The Bertz CT molecular complexity index is 245. The zero-order chi connectivity index (χ0) is 8.88. The summed E-state index contributed by atoms with van der Waals surface area (Å²) in [5, 5.41) is 0. The second-order valence-corrected chi connectivity index (χ2v) is 4.17. The van der Waals surface area contributed by atoms with Crippen LogP contribution >= 0.6 is 0 Å². The molecule has 4 unspecified atom stereocenters. The summed E-state index contributed by atoms with van der Waals surface area (Å²) < 4.78 is 4.61. The fraction of sp³-hybridized carbons (Fsp3) is 0.800. The lowest BCUT2D eigenvalue weighted by atomic mass is 10.3. The molecule has 2 heteroatoms. The van der Waals surface area contributed by atoms with Gasteiger partial charge in [-0.25, -0.2) is 9.15 Å². The van der Waals surface area contributed by atoms with Gasteiger partial charge in [0.15, 0.2) is 0 Å². The molecule has 2 fully saturated rings. The van der Waals surface area contributed by atoms with Crippen molar-refractivity contribution >= 4 is 12.9 Å². The van der Waals surface area contributed by atoms with Crippen LogP contribution in [0.25, 0.3) is 0 Å². The molecule has 0 aromatic carbocycles. The van der Waals surface area contributed by atoms with Crippen LogP contribution in [-0.2, 0) is 0 Å². The first-order chi connectivity index (χ1) is 5.63. The minimum absolute atomic E-state index is 0.701. The summed E-state index contributed by atoms with van der Waals surface area (Å²) in [5.41, 5.74) is 0. The number of hydrogen-bond donors (Lipinski definition) is 0. The van der Waals surface area contributed by atoms with Gasteiger partial charge in [-0.05, 0) is 0 Å². The van der Waals surface area contributed by atoms with Crippen LogP contribution in [0.15, 0.2) is 0 Å². The SMILES string of the molecule is C=[N+]1C(C)C1CC=[N+]1C(C)C1C. The van der Waals surface area contributed by atoms with Crippen LogP contribution in [0.2, 0.25) is 0 Å². The Kier molecular flexibility index (Phi) is 1.60. The maximum absolute atomic E-state index is 3.94. The molecular formula is C10H18N2+2. The highest BCUT2D eigenvalue weighted by Gasteiger charge is 2.52. The van der Waals surface area contributed by atoms with Crippen molar-refractivity contribution in [2.75, 3.05) is 0 Å². The van der Waals surface area contributed by atoms with Crippen molar-refractivity contribution in [1.82, 2.24) is 0 Å². The lowest BCUT2D eigenvalue weighted by molar-refractivity contribution is -0.381. The van der Waals surface area contributed by atoms with Gasteiger partial charge in [-0.2, -0.15) is 0 Å². The lowest BCUT2D eigenvalue weighted by Gasteiger charge is -1.73. The normalized spacial score (nSPS) is 44.6. The van der Waals surface area contributed by atoms with Crippen LogP contribution in [0.3, 0.4) is 0 Å². The number of hydrogen-bond acceptors (Lipinski definition) is 0. The summed E-state index contributed by atoms with van der Waals surface area (Å²) in [6.07, 6.45) is 3.53. The van der Waals surface area contributed by atoms with E-state index in [-0.39, 0.29) is 0 Å². The molecule has 0 aromatic rings. The second-order valence-electron chi connectivity index (χ2n) is 4.17. The molecular weight excluding hydrogens is 148 g/mol. The Morgan fingerprint density at radius 1 is 1.17 bits per heavy atom. The molecule has 2 saturated heterocycles. The molecule has 0 N–H and O–H groups in total. The Balaban J connectivity index is 1.84. The summed E-state index contributed by atoms with van der Waals surface area (Å²) in [5.74, 6) is 0. The van der Waals surface area contributed by atoms with Crippen molar-refractivity contribution < 1.29 is 9.15 Å². The molecule has 2 nitrogen and oxygen atoms in total. The molecule has 0 spiro atoms. The standard InChI is InChI=1S/C10H18N2/c1-7-8(2)12(7)6-5-10-9(3)11(10)4/h6-10H,4-5H2,1-3H3/q+2. The predicted molar refractivity (Wildman–Crippen MR) is 50.5 cm³/mol. The first kappa shape index (κ1) is 7.96. The predicted octanol–water partition coefficient (Wildman–Crippen LogP) is 0.734. The van der Waals surface area contributed by atoms with E-state index >= 15 is 0 Å². The van der Waals surface area contributed by atoms with Gasteiger partial charge < -0.3 is 0 Å². The van der Waals surface area contributed by atoms with Gasteiger partial charge in [0.2, 0.25) is 24.2 Å². The summed E-state index contributed by atoms with van der Waals surface area (Å²) in [7, 11) is 0. The Labute approximate surface area is 74.2 Å². The molecule has 12 heavy (non-hydrogen) atoms. The molecule has 0 radical (unpaired) electrons.